The van der Waals surface area contributed by atoms with Gasteiger partial charge in [0, 0.05) is 5.57 Å². The number of nitriles is 1. The van der Waals surface area contributed by atoms with Crippen LogP contribution in [0.25, 0.3) is 0 Å². The molecule has 1 aliphatic carbocycles. The maximum absolute atomic E-state index is 8.44. The summed E-state index contributed by atoms with van der Waals surface area (Å²) in [5.41, 5.74) is 0.800. The van der Waals surface area contributed by atoms with Crippen molar-refractivity contribution in [3.63, 3.8) is 0 Å². The molecule has 1 nitrogen and oxygen atoms in total. The smallest absolute Gasteiger partial charge is 0.0988 e. The standard InChI is InChI=1S/C8H9N/c1-7-3-2-4-8(5-7)6-9/h2,4-5,7H,3H2,1H3/t7-/m0/s1. The van der Waals surface area contributed by atoms with Gasteiger partial charge in [-0.25, -0.2) is 0 Å². The molecular weight excluding hydrogens is 110 g/mol. The Hall–Kier alpha value is -1.03. The van der Waals surface area contributed by atoms with Crippen molar-refractivity contribution >= 4 is 0 Å². The molecule has 0 N–H and O–H groups in total. The summed E-state index contributed by atoms with van der Waals surface area (Å²) in [6.45, 7) is 2.11. The molecule has 0 saturated heterocycles. The van der Waals surface area contributed by atoms with Gasteiger partial charge in [0.2, 0.25) is 0 Å². The molecule has 0 spiro atoms. The Labute approximate surface area is 55.3 Å². The fraction of sp³-hybridized carbons (Fsp3) is 0.375. The third kappa shape index (κ3) is 1.43. The molecule has 0 aromatic heterocycles. The summed E-state index contributed by atoms with van der Waals surface area (Å²) >= 11 is 0. The van der Waals surface area contributed by atoms with Gasteiger partial charge in [-0.05, 0) is 18.4 Å². The fourth-order valence-electron chi connectivity index (χ4n) is 0.914. The van der Waals surface area contributed by atoms with Gasteiger partial charge in [-0.15, -0.1) is 0 Å². The van der Waals surface area contributed by atoms with E-state index in [9.17, 15) is 0 Å². The highest BCUT2D eigenvalue weighted by atomic mass is 14.2. The van der Waals surface area contributed by atoms with Crippen LogP contribution in [0.4, 0.5) is 0 Å². The molecule has 0 aromatic carbocycles. The molecule has 1 aliphatic rings. The van der Waals surface area contributed by atoms with E-state index < -0.39 is 0 Å². The van der Waals surface area contributed by atoms with Crippen LogP contribution in [0.15, 0.2) is 23.8 Å². The van der Waals surface area contributed by atoms with Crippen molar-refractivity contribution in [1.82, 2.24) is 0 Å². The Morgan fingerprint density at radius 3 is 3.00 bits per heavy atom. The van der Waals surface area contributed by atoms with Gasteiger partial charge in [0.05, 0.1) is 6.07 Å². The molecule has 0 aromatic rings. The Balaban J connectivity index is 2.74. The summed E-state index contributed by atoms with van der Waals surface area (Å²) < 4.78 is 0. The molecule has 1 atom stereocenters. The quantitative estimate of drug-likeness (QED) is 0.478. The first-order chi connectivity index (χ1) is 4.33. The predicted molar refractivity (Wildman–Crippen MR) is 36.6 cm³/mol. The Morgan fingerprint density at radius 2 is 2.56 bits per heavy atom. The van der Waals surface area contributed by atoms with E-state index in [1.54, 1.807) is 0 Å². The van der Waals surface area contributed by atoms with Crippen LogP contribution < -0.4 is 0 Å². The van der Waals surface area contributed by atoms with Crippen LogP contribution >= 0.6 is 0 Å². The summed E-state index contributed by atoms with van der Waals surface area (Å²) in [4.78, 5) is 0. The minimum absolute atomic E-state index is 0.546. The van der Waals surface area contributed by atoms with E-state index in [-0.39, 0.29) is 0 Å². The van der Waals surface area contributed by atoms with Gasteiger partial charge in [0.1, 0.15) is 0 Å². The molecule has 46 valence electrons. The topological polar surface area (TPSA) is 23.8 Å². The molecule has 0 saturated carbocycles. The van der Waals surface area contributed by atoms with Crippen molar-refractivity contribution in [2.45, 2.75) is 13.3 Å². The van der Waals surface area contributed by atoms with E-state index in [2.05, 4.69) is 13.0 Å². The first-order valence-electron chi connectivity index (χ1n) is 3.11. The van der Waals surface area contributed by atoms with E-state index in [0.29, 0.717) is 5.92 Å². The van der Waals surface area contributed by atoms with E-state index in [0.717, 1.165) is 12.0 Å². The monoisotopic (exact) mass is 119 g/mol. The van der Waals surface area contributed by atoms with Crippen LogP contribution in [-0.4, -0.2) is 0 Å². The summed E-state index contributed by atoms with van der Waals surface area (Å²) in [5.74, 6) is 0.546. The minimum atomic E-state index is 0.546. The van der Waals surface area contributed by atoms with Gasteiger partial charge in [-0.1, -0.05) is 19.1 Å². The molecule has 9 heavy (non-hydrogen) atoms. The average Bonchev–Trinajstić information content (AvgIpc) is 1.88. The van der Waals surface area contributed by atoms with Crippen LogP contribution in [0.3, 0.4) is 0 Å². The first kappa shape index (κ1) is 6.10. The third-order valence-corrected chi connectivity index (χ3v) is 1.40. The lowest BCUT2D eigenvalue weighted by atomic mass is 9.99. The number of rotatable bonds is 0. The van der Waals surface area contributed by atoms with Crippen LogP contribution in [0.5, 0.6) is 0 Å². The molecule has 0 aliphatic heterocycles. The lowest BCUT2D eigenvalue weighted by Gasteiger charge is -2.05. The van der Waals surface area contributed by atoms with Crippen molar-refractivity contribution in [2.75, 3.05) is 0 Å². The van der Waals surface area contributed by atoms with E-state index in [4.69, 9.17) is 5.26 Å². The zero-order chi connectivity index (χ0) is 6.69. The van der Waals surface area contributed by atoms with E-state index in [1.165, 1.54) is 0 Å². The zero-order valence-corrected chi connectivity index (χ0v) is 5.46. The van der Waals surface area contributed by atoms with Crippen molar-refractivity contribution in [3.05, 3.63) is 23.8 Å². The van der Waals surface area contributed by atoms with Gasteiger partial charge >= 0.3 is 0 Å². The van der Waals surface area contributed by atoms with Crippen LogP contribution in [0.2, 0.25) is 0 Å². The summed E-state index contributed by atoms with van der Waals surface area (Å²) in [7, 11) is 0. The summed E-state index contributed by atoms with van der Waals surface area (Å²) in [5, 5.41) is 8.44. The second-order valence-corrected chi connectivity index (χ2v) is 2.35. The zero-order valence-electron chi connectivity index (χ0n) is 5.46. The molecule has 0 heterocycles. The molecule has 0 amide bonds. The molecular formula is C8H9N. The second-order valence-electron chi connectivity index (χ2n) is 2.35. The molecule has 1 heteroatoms. The minimum Gasteiger partial charge on any atom is -0.192 e. The molecule has 0 fully saturated rings. The van der Waals surface area contributed by atoms with E-state index >= 15 is 0 Å². The Morgan fingerprint density at radius 1 is 1.78 bits per heavy atom. The first-order valence-corrected chi connectivity index (χ1v) is 3.11. The Bertz CT molecular complexity index is 193. The molecule has 0 radical (unpaired) electrons. The Kier molecular flexibility index (Phi) is 1.69. The maximum atomic E-state index is 8.44. The normalized spacial score (nSPS) is 24.9. The van der Waals surface area contributed by atoms with Crippen LogP contribution in [0, 0.1) is 17.2 Å². The summed E-state index contributed by atoms with van der Waals surface area (Å²) in [6, 6.07) is 2.11. The number of nitrogens with zero attached hydrogens (tertiary/aromatic N) is 1. The number of hydrogen-bond acceptors (Lipinski definition) is 1. The van der Waals surface area contributed by atoms with Gasteiger partial charge in [0.15, 0.2) is 0 Å². The van der Waals surface area contributed by atoms with Crippen LogP contribution in [-0.2, 0) is 0 Å². The lowest BCUT2D eigenvalue weighted by molar-refractivity contribution is 0.732. The average molecular weight is 119 g/mol. The number of allylic oxidation sites excluding steroid dienone is 4. The summed E-state index contributed by atoms with van der Waals surface area (Å²) in [6.07, 6.45) is 6.99. The second kappa shape index (κ2) is 2.50. The van der Waals surface area contributed by atoms with Crippen LogP contribution in [0.1, 0.15) is 13.3 Å². The molecule has 1 rings (SSSR count). The maximum Gasteiger partial charge on any atom is 0.0988 e. The largest absolute Gasteiger partial charge is 0.192 e. The third-order valence-electron chi connectivity index (χ3n) is 1.40. The highest BCUT2D eigenvalue weighted by Crippen LogP contribution is 2.14. The molecule has 0 unspecified atom stereocenters. The highest BCUT2D eigenvalue weighted by Gasteiger charge is 2.01. The van der Waals surface area contributed by atoms with Crippen molar-refractivity contribution in [1.29, 1.82) is 5.26 Å². The van der Waals surface area contributed by atoms with Gasteiger partial charge in [0.25, 0.3) is 0 Å². The fourth-order valence-corrected chi connectivity index (χ4v) is 0.914. The lowest BCUT2D eigenvalue weighted by Crippen LogP contribution is -1.92. The van der Waals surface area contributed by atoms with Crippen molar-refractivity contribution in [2.24, 2.45) is 5.92 Å². The molecule has 0 bridgehead atoms. The van der Waals surface area contributed by atoms with Crippen molar-refractivity contribution in [3.8, 4) is 6.07 Å². The predicted octanol–water partition coefficient (Wildman–Crippen LogP) is 2.03. The van der Waals surface area contributed by atoms with Crippen molar-refractivity contribution < 1.29 is 0 Å². The SMILES string of the molecule is C[C@@H]1C=C(C#N)C=CC1. The van der Waals surface area contributed by atoms with E-state index in [1.807, 2.05) is 18.2 Å². The van der Waals surface area contributed by atoms with Gasteiger partial charge < -0.3 is 0 Å². The highest BCUT2D eigenvalue weighted by molar-refractivity contribution is 5.35. The van der Waals surface area contributed by atoms with Gasteiger partial charge in [-0.2, -0.15) is 5.26 Å². The number of hydrogen-bond donors (Lipinski definition) is 0. The van der Waals surface area contributed by atoms with Gasteiger partial charge in [-0.3, -0.25) is 0 Å².